The molecule has 4 heteroatoms. The number of rotatable bonds is 1. The summed E-state index contributed by atoms with van der Waals surface area (Å²) >= 11 is 2.04. The minimum absolute atomic E-state index is 0.00599. The van der Waals surface area contributed by atoms with Crippen molar-refractivity contribution >= 4 is 82.8 Å². The van der Waals surface area contributed by atoms with Gasteiger partial charge in [-0.15, -0.1) is 11.3 Å². The van der Waals surface area contributed by atoms with E-state index in [0.717, 1.165) is 0 Å². The molecule has 0 N–H and O–H groups in total. The first-order valence-corrected chi connectivity index (χ1v) is 25.0. The van der Waals surface area contributed by atoms with E-state index < -0.39 is 0 Å². The van der Waals surface area contributed by atoms with Crippen molar-refractivity contribution in [3.63, 3.8) is 0 Å². The fourth-order valence-electron chi connectivity index (χ4n) is 13.5. The molecule has 3 aliphatic heterocycles. The third kappa shape index (κ3) is 5.14. The summed E-state index contributed by atoms with van der Waals surface area (Å²) in [6.07, 6.45) is 7.40. The Morgan fingerprint density at radius 3 is 2.00 bits per heavy atom. The summed E-state index contributed by atoms with van der Waals surface area (Å²) in [6.45, 7) is 31.9. The summed E-state index contributed by atoms with van der Waals surface area (Å²) in [7, 11) is 0. The first kappa shape index (κ1) is 40.0. The van der Waals surface area contributed by atoms with E-state index in [1.54, 1.807) is 16.7 Å². The Bertz CT molecular complexity index is 3170. The molecule has 0 amide bonds. The third-order valence-corrected chi connectivity index (χ3v) is 18.8. The van der Waals surface area contributed by atoms with Gasteiger partial charge >= 0.3 is 6.85 Å². The zero-order valence-electron chi connectivity index (χ0n) is 40.2. The van der Waals surface area contributed by atoms with Crippen LogP contribution in [0.2, 0.25) is 0 Å². The van der Waals surface area contributed by atoms with Crippen LogP contribution in [0.3, 0.4) is 0 Å². The first-order valence-electron chi connectivity index (χ1n) is 24.1. The highest BCUT2D eigenvalue weighted by molar-refractivity contribution is 7.26. The second-order valence-corrected chi connectivity index (χ2v) is 25.4. The summed E-state index contributed by atoms with van der Waals surface area (Å²) in [5.41, 5.74) is 20.6. The van der Waals surface area contributed by atoms with Crippen molar-refractivity contribution in [2.75, 3.05) is 9.71 Å². The van der Waals surface area contributed by atoms with E-state index in [-0.39, 0.29) is 39.5 Å². The van der Waals surface area contributed by atoms with Gasteiger partial charge in [0, 0.05) is 48.9 Å². The number of hydrogen-bond donors (Lipinski definition) is 0. The van der Waals surface area contributed by atoms with E-state index in [4.69, 9.17) is 0 Å². The Balaban J connectivity index is 1.27. The quantitative estimate of drug-likeness (QED) is 0.152. The molecule has 0 spiro atoms. The lowest BCUT2D eigenvalue weighted by Crippen LogP contribution is -2.65. The molecule has 2 nitrogen and oxygen atoms in total. The van der Waals surface area contributed by atoms with Gasteiger partial charge in [-0.2, -0.15) is 0 Å². The Labute approximate surface area is 381 Å². The van der Waals surface area contributed by atoms with Crippen LogP contribution in [0.15, 0.2) is 84.9 Å². The minimum atomic E-state index is -0.0484. The highest BCUT2D eigenvalue weighted by Crippen LogP contribution is 2.64. The molecule has 63 heavy (non-hydrogen) atoms. The van der Waals surface area contributed by atoms with Crippen molar-refractivity contribution in [1.82, 2.24) is 0 Å². The molecule has 1 aromatic heterocycles. The Kier molecular flexibility index (Phi) is 7.89. The minimum Gasteiger partial charge on any atom is -0.375 e. The summed E-state index contributed by atoms with van der Waals surface area (Å²) < 4.78 is 2.84. The summed E-state index contributed by atoms with van der Waals surface area (Å²) in [6, 6.07) is 34.9. The van der Waals surface area contributed by atoms with Gasteiger partial charge in [0.05, 0.1) is 15.9 Å². The second kappa shape index (κ2) is 12.4. The van der Waals surface area contributed by atoms with Crippen molar-refractivity contribution in [1.29, 1.82) is 0 Å². The number of benzene rings is 6. The molecule has 12 rings (SSSR count). The van der Waals surface area contributed by atoms with Crippen molar-refractivity contribution in [2.24, 2.45) is 0 Å². The van der Waals surface area contributed by atoms with Crippen molar-refractivity contribution in [3.05, 3.63) is 118 Å². The number of thiophene rings is 1. The van der Waals surface area contributed by atoms with Crippen LogP contribution < -0.4 is 20.6 Å². The van der Waals surface area contributed by atoms with Gasteiger partial charge in [-0.25, -0.2) is 0 Å². The highest BCUT2D eigenvalue weighted by atomic mass is 32.1. The van der Waals surface area contributed by atoms with E-state index >= 15 is 0 Å². The fraction of sp³-hybridized carbons (Fsp3) is 0.424. The number of hydrogen-bond acceptors (Lipinski definition) is 3. The Hall–Kier alpha value is -4.54. The Morgan fingerprint density at radius 1 is 0.587 bits per heavy atom. The maximum atomic E-state index is 2.94. The monoisotopic (exact) mass is 844 g/mol. The molecule has 1 fully saturated rings. The molecule has 2 unspecified atom stereocenters. The first-order chi connectivity index (χ1) is 29.6. The van der Waals surface area contributed by atoms with Gasteiger partial charge in [0.25, 0.3) is 0 Å². The van der Waals surface area contributed by atoms with Crippen LogP contribution in [0.5, 0.6) is 0 Å². The lowest BCUT2D eigenvalue weighted by Gasteiger charge is -2.53. The maximum Gasteiger partial charge on any atom is 0.333 e. The number of aryl methyl sites for hydroxylation is 1. The molecular formula is C59H65BN2S. The zero-order chi connectivity index (χ0) is 44.1. The Morgan fingerprint density at radius 2 is 1.29 bits per heavy atom. The second-order valence-electron chi connectivity index (χ2n) is 24.4. The average Bonchev–Trinajstić information content (AvgIpc) is 3.70. The lowest BCUT2D eigenvalue weighted by atomic mass is 9.42. The molecule has 0 radical (unpaired) electrons. The number of anilines is 4. The third-order valence-electron chi connectivity index (χ3n) is 17.6. The van der Waals surface area contributed by atoms with Gasteiger partial charge in [0.15, 0.2) is 0 Å². The largest absolute Gasteiger partial charge is 0.375 e. The lowest BCUT2D eigenvalue weighted by molar-refractivity contribution is 0.195. The summed E-state index contributed by atoms with van der Waals surface area (Å²) in [5, 5.41) is 5.54. The molecule has 0 bridgehead atoms. The molecule has 0 saturated heterocycles. The molecule has 6 aromatic carbocycles. The van der Waals surface area contributed by atoms with Gasteiger partial charge in [0.1, 0.15) is 0 Å². The normalized spacial score (nSPS) is 22.9. The molecule has 5 aliphatic rings. The maximum absolute atomic E-state index is 2.94. The van der Waals surface area contributed by atoms with Crippen LogP contribution in [-0.2, 0) is 27.1 Å². The SMILES string of the molecule is Cc1cc(C(C)(C)C)ccc1N1B2c3cc(C(C)(C)C)cc4c3N(c3c2c(cc2ccccc32)-c2ccc3c(sc5cc6c(cc53)C(C)(C)CCC6(C)C)c21)C1(C)CCCCC41C. The molecule has 1 saturated carbocycles. The van der Waals surface area contributed by atoms with Crippen molar-refractivity contribution in [3.8, 4) is 11.1 Å². The molecule has 4 heterocycles. The van der Waals surface area contributed by atoms with Crippen LogP contribution in [0.25, 0.3) is 42.1 Å². The number of fused-ring (bicyclic) bond motifs is 14. The standard InChI is InChI=1S/C59H65BN2S/c1-34-28-36(54(2,3)4)20-23-47(34)62-51-39(21-22-40-41-32-43-44(33-48(41)63-53(40)51)57(10,11)27-26-56(43,8)9)42-29-35-18-14-15-19-38(35)50-49(42)60(62)46-31-37(55(5,6)7)30-45-52(46)61(50)59(13)25-17-16-24-58(45,59)12/h14-15,18-23,28-33H,16-17,24-27H2,1-13H3. The summed E-state index contributed by atoms with van der Waals surface area (Å²) in [4.78, 5) is 5.81. The van der Waals surface area contributed by atoms with Gasteiger partial charge in [-0.3, -0.25) is 0 Å². The van der Waals surface area contributed by atoms with E-state index in [1.165, 1.54) is 131 Å². The van der Waals surface area contributed by atoms with E-state index in [1.807, 2.05) is 11.3 Å². The number of nitrogens with zero attached hydrogens (tertiary/aromatic N) is 2. The molecule has 2 aliphatic carbocycles. The van der Waals surface area contributed by atoms with E-state index in [9.17, 15) is 0 Å². The van der Waals surface area contributed by atoms with Gasteiger partial charge in [-0.05, 0) is 141 Å². The highest BCUT2D eigenvalue weighted by Gasteiger charge is 2.62. The molecular weight excluding hydrogens is 780 g/mol. The molecule has 320 valence electrons. The van der Waals surface area contributed by atoms with Crippen molar-refractivity contribution in [2.45, 2.75) is 161 Å². The molecule has 2 atom stereocenters. The van der Waals surface area contributed by atoms with Gasteiger partial charge in [-0.1, -0.05) is 150 Å². The van der Waals surface area contributed by atoms with Crippen LogP contribution in [0, 0.1) is 6.92 Å². The molecule has 7 aromatic rings. The van der Waals surface area contributed by atoms with Crippen LogP contribution in [0.4, 0.5) is 22.7 Å². The topological polar surface area (TPSA) is 6.48 Å². The van der Waals surface area contributed by atoms with Crippen LogP contribution in [-0.4, -0.2) is 12.4 Å². The smallest absolute Gasteiger partial charge is 0.333 e. The zero-order valence-corrected chi connectivity index (χ0v) is 41.0. The van der Waals surface area contributed by atoms with Gasteiger partial charge in [0.2, 0.25) is 0 Å². The average molecular weight is 845 g/mol. The van der Waals surface area contributed by atoms with Crippen molar-refractivity contribution < 1.29 is 0 Å². The van der Waals surface area contributed by atoms with Gasteiger partial charge < -0.3 is 9.71 Å². The van der Waals surface area contributed by atoms with Crippen LogP contribution >= 0.6 is 11.3 Å². The summed E-state index contributed by atoms with van der Waals surface area (Å²) in [5.74, 6) is 0. The van der Waals surface area contributed by atoms with E-state index in [0.29, 0.717) is 0 Å². The predicted octanol–water partition coefficient (Wildman–Crippen LogP) is 15.4. The van der Waals surface area contributed by atoms with E-state index in [2.05, 4.69) is 185 Å². The fourth-order valence-corrected chi connectivity index (χ4v) is 14.8. The predicted molar refractivity (Wildman–Crippen MR) is 276 cm³/mol. The van der Waals surface area contributed by atoms with Crippen LogP contribution in [0.1, 0.15) is 155 Å².